The largest absolute Gasteiger partial charge is 0.350 e. The second-order valence-corrected chi connectivity index (χ2v) is 6.23. The lowest BCUT2D eigenvalue weighted by Gasteiger charge is -2.30. The third-order valence-electron chi connectivity index (χ3n) is 4.15. The average molecular weight is 318 g/mol. The summed E-state index contributed by atoms with van der Waals surface area (Å²) in [6.45, 7) is 5.31. The number of quaternary nitrogens is 1. The quantitative estimate of drug-likeness (QED) is 0.848. The molecule has 0 spiro atoms. The van der Waals surface area contributed by atoms with Gasteiger partial charge in [0.1, 0.15) is 6.54 Å². The Morgan fingerprint density at radius 1 is 1.18 bits per heavy atom. The van der Waals surface area contributed by atoms with Crippen molar-refractivity contribution in [2.45, 2.75) is 6.54 Å². The number of aromatic nitrogens is 1. The molecule has 5 heteroatoms. The van der Waals surface area contributed by atoms with Gasteiger partial charge in [0.05, 0.1) is 38.1 Å². The van der Waals surface area contributed by atoms with Crippen molar-refractivity contribution in [3.8, 4) is 0 Å². The monoisotopic (exact) mass is 317 g/mol. The first-order valence-corrected chi connectivity index (χ1v) is 8.07. The van der Waals surface area contributed by atoms with Crippen molar-refractivity contribution in [1.82, 2.24) is 9.58 Å². The van der Waals surface area contributed by atoms with E-state index in [1.807, 2.05) is 37.7 Å². The Hall–Kier alpha value is -1.78. The summed E-state index contributed by atoms with van der Waals surface area (Å²) in [4.78, 5) is 1.60. The molecule has 0 unspecified atom stereocenters. The van der Waals surface area contributed by atoms with E-state index in [1.165, 1.54) is 5.56 Å². The lowest BCUT2D eigenvalue weighted by atomic mass is 10.2. The van der Waals surface area contributed by atoms with Crippen LogP contribution in [0.4, 0.5) is 0 Å². The minimum absolute atomic E-state index is 0.804. The van der Waals surface area contributed by atoms with Gasteiger partial charge in [-0.05, 0) is 24.3 Å². The van der Waals surface area contributed by atoms with Gasteiger partial charge in [0.2, 0.25) is 0 Å². The number of rotatable bonds is 4. The Morgan fingerprint density at radius 3 is 2.55 bits per heavy atom. The molecule has 2 aromatic rings. The normalized spacial score (nSPS) is 16.5. The molecule has 1 aliphatic heterocycles. The molecule has 22 heavy (non-hydrogen) atoms. The Kier molecular flexibility index (Phi) is 4.80. The number of aryl methyl sites for hydroxylation is 1. The summed E-state index contributed by atoms with van der Waals surface area (Å²) in [7, 11) is 2.04. The van der Waals surface area contributed by atoms with Crippen LogP contribution in [-0.2, 0) is 13.6 Å². The van der Waals surface area contributed by atoms with E-state index in [-0.39, 0.29) is 0 Å². The fourth-order valence-electron chi connectivity index (χ4n) is 2.74. The van der Waals surface area contributed by atoms with Crippen LogP contribution >= 0.6 is 11.6 Å². The molecule has 1 fully saturated rings. The highest BCUT2D eigenvalue weighted by atomic mass is 35.5. The van der Waals surface area contributed by atoms with Gasteiger partial charge in [-0.25, -0.2) is 0 Å². The first kappa shape index (κ1) is 15.1. The summed E-state index contributed by atoms with van der Waals surface area (Å²) in [5.74, 6) is 0. The van der Waals surface area contributed by atoms with Crippen LogP contribution in [0.3, 0.4) is 0 Å². The summed E-state index contributed by atoms with van der Waals surface area (Å²) in [6, 6.07) is 12.3. The van der Waals surface area contributed by atoms with E-state index in [1.54, 1.807) is 4.90 Å². The number of piperazine rings is 1. The summed E-state index contributed by atoms with van der Waals surface area (Å²) < 4.78 is 2.07. The minimum Gasteiger partial charge on any atom is -0.350 e. The molecule has 116 valence electrons. The number of hydrazone groups is 1. The van der Waals surface area contributed by atoms with E-state index in [0.717, 1.165) is 43.4 Å². The Labute approximate surface area is 136 Å². The van der Waals surface area contributed by atoms with Crippen LogP contribution in [0.2, 0.25) is 5.02 Å². The predicted octanol–water partition coefficient (Wildman–Crippen LogP) is 1.41. The highest BCUT2D eigenvalue weighted by Gasteiger charge is 2.18. The van der Waals surface area contributed by atoms with Gasteiger partial charge in [-0.1, -0.05) is 23.7 Å². The Morgan fingerprint density at radius 2 is 1.91 bits per heavy atom. The van der Waals surface area contributed by atoms with Crippen molar-refractivity contribution in [2.75, 3.05) is 26.2 Å². The molecule has 0 aliphatic carbocycles. The van der Waals surface area contributed by atoms with Crippen LogP contribution in [0.1, 0.15) is 11.3 Å². The van der Waals surface area contributed by atoms with Gasteiger partial charge < -0.3 is 9.47 Å². The zero-order valence-corrected chi connectivity index (χ0v) is 13.6. The van der Waals surface area contributed by atoms with Crippen molar-refractivity contribution in [2.24, 2.45) is 12.1 Å². The molecule has 0 atom stereocenters. The van der Waals surface area contributed by atoms with E-state index in [9.17, 15) is 0 Å². The summed E-state index contributed by atoms with van der Waals surface area (Å²) in [5.41, 5.74) is 2.48. The lowest BCUT2D eigenvalue weighted by Crippen LogP contribution is -3.13. The second kappa shape index (κ2) is 6.99. The second-order valence-electron chi connectivity index (χ2n) is 5.80. The molecule has 1 N–H and O–H groups in total. The van der Waals surface area contributed by atoms with Gasteiger partial charge in [-0.15, -0.1) is 0 Å². The van der Waals surface area contributed by atoms with Gasteiger partial charge >= 0.3 is 0 Å². The van der Waals surface area contributed by atoms with Gasteiger partial charge in [0, 0.05) is 23.8 Å². The van der Waals surface area contributed by atoms with E-state index in [0.29, 0.717) is 0 Å². The first-order valence-electron chi connectivity index (χ1n) is 7.69. The fraction of sp³-hybridized carbons (Fsp3) is 0.353. The third-order valence-corrected chi connectivity index (χ3v) is 4.40. The van der Waals surface area contributed by atoms with Crippen molar-refractivity contribution in [3.05, 3.63) is 58.9 Å². The molecule has 4 nitrogen and oxygen atoms in total. The Bertz CT molecular complexity index is 624. The van der Waals surface area contributed by atoms with Crippen LogP contribution in [0.15, 0.2) is 47.7 Å². The molecule has 0 bridgehead atoms. The fourth-order valence-corrected chi connectivity index (χ4v) is 2.87. The number of nitrogens with zero attached hydrogens (tertiary/aromatic N) is 3. The average Bonchev–Trinajstić information content (AvgIpc) is 2.94. The van der Waals surface area contributed by atoms with E-state index >= 15 is 0 Å². The van der Waals surface area contributed by atoms with Crippen molar-refractivity contribution in [1.29, 1.82) is 0 Å². The molecular weight excluding hydrogens is 296 g/mol. The molecule has 0 radical (unpaired) electrons. The Balaban J connectivity index is 1.49. The summed E-state index contributed by atoms with van der Waals surface area (Å²) in [6.07, 6.45) is 3.99. The van der Waals surface area contributed by atoms with Gasteiger partial charge in [-0.2, -0.15) is 5.10 Å². The number of halogens is 1. The molecule has 1 aliphatic rings. The van der Waals surface area contributed by atoms with E-state index < -0.39 is 0 Å². The van der Waals surface area contributed by atoms with Crippen LogP contribution in [0, 0.1) is 0 Å². The molecule has 3 rings (SSSR count). The maximum atomic E-state index is 5.93. The molecule has 1 aromatic heterocycles. The lowest BCUT2D eigenvalue weighted by molar-refractivity contribution is -0.918. The van der Waals surface area contributed by atoms with Crippen molar-refractivity contribution in [3.63, 3.8) is 0 Å². The number of hydrogen-bond acceptors (Lipinski definition) is 2. The minimum atomic E-state index is 0.804. The van der Waals surface area contributed by atoms with Gasteiger partial charge in [0.25, 0.3) is 0 Å². The van der Waals surface area contributed by atoms with Crippen molar-refractivity contribution < 1.29 is 4.90 Å². The number of benzene rings is 1. The highest BCUT2D eigenvalue weighted by molar-refractivity contribution is 6.30. The smallest absolute Gasteiger partial charge is 0.103 e. The van der Waals surface area contributed by atoms with Crippen molar-refractivity contribution >= 4 is 17.8 Å². The molecule has 1 saturated heterocycles. The first-order chi connectivity index (χ1) is 10.7. The van der Waals surface area contributed by atoms with Crippen LogP contribution in [-0.4, -0.2) is 42.0 Å². The standard InChI is InChI=1S/C17H21ClN4/c1-20-8-2-3-17(20)13-19-22-11-9-21(10-12-22)14-15-4-6-16(18)7-5-15/h2-8,13H,9-12,14H2,1H3/p+1/b19-13-. The summed E-state index contributed by atoms with van der Waals surface area (Å²) in [5, 5.41) is 7.57. The van der Waals surface area contributed by atoms with Gasteiger partial charge in [0.15, 0.2) is 0 Å². The third kappa shape index (κ3) is 3.90. The zero-order chi connectivity index (χ0) is 15.4. The topological polar surface area (TPSA) is 25.0 Å². The van der Waals surface area contributed by atoms with E-state index in [4.69, 9.17) is 11.6 Å². The molecule has 2 heterocycles. The van der Waals surface area contributed by atoms with E-state index in [2.05, 4.69) is 32.9 Å². The van der Waals surface area contributed by atoms with Crippen LogP contribution in [0.5, 0.6) is 0 Å². The number of hydrogen-bond donors (Lipinski definition) is 1. The molecule has 0 saturated carbocycles. The maximum Gasteiger partial charge on any atom is 0.103 e. The maximum absolute atomic E-state index is 5.93. The molecule has 1 aromatic carbocycles. The summed E-state index contributed by atoms with van der Waals surface area (Å²) >= 11 is 5.93. The van der Waals surface area contributed by atoms with Crippen LogP contribution in [0.25, 0.3) is 0 Å². The van der Waals surface area contributed by atoms with Crippen LogP contribution < -0.4 is 4.90 Å². The highest BCUT2D eigenvalue weighted by Crippen LogP contribution is 2.08. The zero-order valence-electron chi connectivity index (χ0n) is 12.9. The van der Waals surface area contributed by atoms with Gasteiger partial charge in [-0.3, -0.25) is 5.01 Å². The number of nitrogens with one attached hydrogen (secondary N) is 1. The SMILES string of the molecule is Cn1cccc1/C=N\N1CC[NH+](Cc2ccc(Cl)cc2)CC1. The predicted molar refractivity (Wildman–Crippen MR) is 90.4 cm³/mol. The molecule has 0 amide bonds. The molecular formula is C17H22ClN4+.